The summed E-state index contributed by atoms with van der Waals surface area (Å²) in [5, 5.41) is 16.6. The van der Waals surface area contributed by atoms with Gasteiger partial charge in [0.25, 0.3) is 5.91 Å². The van der Waals surface area contributed by atoms with E-state index in [-0.39, 0.29) is 18.6 Å². The van der Waals surface area contributed by atoms with Crippen LogP contribution in [0, 0.1) is 0 Å². The third-order valence-electron chi connectivity index (χ3n) is 4.35. The topological polar surface area (TPSA) is 80.0 Å². The summed E-state index contributed by atoms with van der Waals surface area (Å²) >= 11 is 0. The molecule has 1 amide bonds. The Balaban J connectivity index is 1.81. The molecule has 134 valence electrons. The van der Waals surface area contributed by atoms with Crippen LogP contribution in [0.5, 0.6) is 0 Å². The van der Waals surface area contributed by atoms with Crippen LogP contribution in [0.3, 0.4) is 0 Å². The molecule has 0 radical (unpaired) electrons. The maximum absolute atomic E-state index is 12.9. The van der Waals surface area contributed by atoms with Gasteiger partial charge < -0.3 is 10.4 Å². The maximum atomic E-state index is 12.9. The second-order valence-corrected chi connectivity index (χ2v) is 6.11. The van der Waals surface area contributed by atoms with Gasteiger partial charge in [-0.2, -0.15) is 5.10 Å². The van der Waals surface area contributed by atoms with Crippen molar-refractivity contribution in [2.75, 3.05) is 6.61 Å². The number of nitrogens with zero attached hydrogens (tertiary/aromatic N) is 3. The summed E-state index contributed by atoms with van der Waals surface area (Å²) in [7, 11) is 1.84. The van der Waals surface area contributed by atoms with E-state index in [0.717, 1.165) is 16.8 Å². The predicted octanol–water partition coefficient (Wildman–Crippen LogP) is 2.26. The van der Waals surface area contributed by atoms with Crippen molar-refractivity contribution < 1.29 is 9.90 Å². The minimum Gasteiger partial charge on any atom is -0.396 e. The third-order valence-corrected chi connectivity index (χ3v) is 4.35. The largest absolute Gasteiger partial charge is 0.396 e. The van der Waals surface area contributed by atoms with Crippen LogP contribution in [-0.2, 0) is 13.5 Å². The Labute approximate surface area is 152 Å². The molecule has 0 aliphatic carbocycles. The highest BCUT2D eigenvalue weighted by atomic mass is 16.3. The number of amides is 1. The molecule has 2 aromatic heterocycles. The van der Waals surface area contributed by atoms with Crippen LogP contribution in [0.2, 0.25) is 0 Å². The van der Waals surface area contributed by atoms with Gasteiger partial charge in [0.15, 0.2) is 0 Å². The SMILES string of the molecule is Cn1ncc(C(=O)NC(CCO)c2ccncc2)c1Cc1ccccc1. The van der Waals surface area contributed by atoms with Crippen molar-refractivity contribution in [1.82, 2.24) is 20.1 Å². The van der Waals surface area contributed by atoms with Crippen LogP contribution in [0.25, 0.3) is 0 Å². The van der Waals surface area contributed by atoms with Crippen molar-refractivity contribution in [3.8, 4) is 0 Å². The lowest BCUT2D eigenvalue weighted by atomic mass is 10.0. The Morgan fingerprint density at radius 2 is 1.92 bits per heavy atom. The number of carbonyl (C=O) groups is 1. The second-order valence-electron chi connectivity index (χ2n) is 6.11. The first-order chi connectivity index (χ1) is 12.7. The van der Waals surface area contributed by atoms with E-state index in [2.05, 4.69) is 15.4 Å². The Bertz CT molecular complexity index is 847. The van der Waals surface area contributed by atoms with Gasteiger partial charge in [0.05, 0.1) is 23.5 Å². The van der Waals surface area contributed by atoms with Gasteiger partial charge in [-0.15, -0.1) is 0 Å². The van der Waals surface area contributed by atoms with Gasteiger partial charge in [-0.3, -0.25) is 14.5 Å². The van der Waals surface area contributed by atoms with Crippen molar-refractivity contribution in [2.24, 2.45) is 7.05 Å². The monoisotopic (exact) mass is 350 g/mol. The third kappa shape index (κ3) is 4.15. The summed E-state index contributed by atoms with van der Waals surface area (Å²) in [5.41, 5.74) is 3.43. The summed E-state index contributed by atoms with van der Waals surface area (Å²) in [6, 6.07) is 13.4. The van der Waals surface area contributed by atoms with E-state index in [9.17, 15) is 9.90 Å². The number of hydrogen-bond acceptors (Lipinski definition) is 4. The van der Waals surface area contributed by atoms with Crippen LogP contribution in [0.1, 0.15) is 39.6 Å². The van der Waals surface area contributed by atoms with E-state index in [1.807, 2.05) is 49.5 Å². The first-order valence-electron chi connectivity index (χ1n) is 8.55. The minimum atomic E-state index is -0.278. The van der Waals surface area contributed by atoms with E-state index >= 15 is 0 Å². The van der Waals surface area contributed by atoms with E-state index in [1.165, 1.54) is 0 Å². The number of aryl methyl sites for hydroxylation is 1. The average molecular weight is 350 g/mol. The highest BCUT2D eigenvalue weighted by molar-refractivity contribution is 5.95. The molecule has 0 aliphatic rings. The quantitative estimate of drug-likeness (QED) is 0.685. The zero-order chi connectivity index (χ0) is 18.4. The molecule has 1 aromatic carbocycles. The lowest BCUT2D eigenvalue weighted by molar-refractivity contribution is 0.0929. The van der Waals surface area contributed by atoms with Gasteiger partial charge >= 0.3 is 0 Å². The van der Waals surface area contributed by atoms with Gasteiger partial charge in [0.1, 0.15) is 0 Å². The fourth-order valence-electron chi connectivity index (χ4n) is 2.93. The molecule has 6 nitrogen and oxygen atoms in total. The molecule has 0 saturated carbocycles. The van der Waals surface area contributed by atoms with Crippen LogP contribution >= 0.6 is 0 Å². The average Bonchev–Trinajstić information content (AvgIpc) is 3.03. The molecule has 3 rings (SSSR count). The molecule has 6 heteroatoms. The van der Waals surface area contributed by atoms with Crippen LogP contribution in [0.4, 0.5) is 0 Å². The lowest BCUT2D eigenvalue weighted by Gasteiger charge is -2.18. The van der Waals surface area contributed by atoms with E-state index in [0.29, 0.717) is 18.4 Å². The Morgan fingerprint density at radius 3 is 2.62 bits per heavy atom. The summed E-state index contributed by atoms with van der Waals surface area (Å²) in [6.45, 7) is -0.0167. The van der Waals surface area contributed by atoms with Crippen molar-refractivity contribution in [3.63, 3.8) is 0 Å². The molecular weight excluding hydrogens is 328 g/mol. The number of aromatic nitrogens is 3. The van der Waals surface area contributed by atoms with Gasteiger partial charge in [0.2, 0.25) is 0 Å². The number of carbonyl (C=O) groups excluding carboxylic acids is 1. The first kappa shape index (κ1) is 17.8. The molecule has 3 aromatic rings. The Morgan fingerprint density at radius 1 is 1.19 bits per heavy atom. The first-order valence-corrected chi connectivity index (χ1v) is 8.55. The van der Waals surface area contributed by atoms with Gasteiger partial charge in [-0.05, 0) is 29.7 Å². The van der Waals surface area contributed by atoms with Crippen LogP contribution in [0.15, 0.2) is 61.1 Å². The molecule has 1 unspecified atom stereocenters. The van der Waals surface area contributed by atoms with Crippen molar-refractivity contribution in [2.45, 2.75) is 18.9 Å². The normalized spacial score (nSPS) is 11.9. The summed E-state index contributed by atoms with van der Waals surface area (Å²) in [5.74, 6) is -0.195. The Kier molecular flexibility index (Phi) is 5.76. The highest BCUT2D eigenvalue weighted by Crippen LogP contribution is 2.19. The molecule has 2 heterocycles. The summed E-state index contributed by atoms with van der Waals surface area (Å²) in [4.78, 5) is 16.9. The van der Waals surface area contributed by atoms with E-state index in [1.54, 1.807) is 23.3 Å². The van der Waals surface area contributed by atoms with Gasteiger partial charge in [0, 0.05) is 32.5 Å². The maximum Gasteiger partial charge on any atom is 0.255 e. The van der Waals surface area contributed by atoms with Crippen LogP contribution < -0.4 is 5.32 Å². The van der Waals surface area contributed by atoms with Crippen LogP contribution in [-0.4, -0.2) is 32.4 Å². The Hall–Kier alpha value is -2.99. The van der Waals surface area contributed by atoms with Gasteiger partial charge in [-0.25, -0.2) is 0 Å². The highest BCUT2D eigenvalue weighted by Gasteiger charge is 2.20. The number of aliphatic hydroxyl groups is 1. The second kappa shape index (κ2) is 8.40. The number of hydrogen-bond donors (Lipinski definition) is 2. The molecule has 0 fully saturated rings. The standard InChI is InChI=1S/C20H22N4O2/c1-24-19(13-15-5-3-2-4-6-15)17(14-22-24)20(26)23-18(9-12-25)16-7-10-21-11-8-16/h2-8,10-11,14,18,25H,9,12-13H2,1H3,(H,23,26). The van der Waals surface area contributed by atoms with Crippen molar-refractivity contribution in [3.05, 3.63) is 83.4 Å². The predicted molar refractivity (Wildman–Crippen MR) is 98.6 cm³/mol. The van der Waals surface area contributed by atoms with Crippen molar-refractivity contribution >= 4 is 5.91 Å². The summed E-state index contributed by atoms with van der Waals surface area (Å²) < 4.78 is 1.73. The molecule has 1 atom stereocenters. The number of pyridine rings is 1. The lowest BCUT2D eigenvalue weighted by Crippen LogP contribution is -2.30. The summed E-state index contributed by atoms with van der Waals surface area (Å²) in [6.07, 6.45) is 6.01. The number of benzene rings is 1. The number of nitrogens with one attached hydrogen (secondary N) is 1. The fourth-order valence-corrected chi connectivity index (χ4v) is 2.93. The molecule has 0 saturated heterocycles. The minimum absolute atomic E-state index is 0.0167. The van der Waals surface area contributed by atoms with E-state index in [4.69, 9.17) is 0 Å². The van der Waals surface area contributed by atoms with Crippen molar-refractivity contribution in [1.29, 1.82) is 0 Å². The fraction of sp³-hybridized carbons (Fsp3) is 0.250. The number of rotatable bonds is 7. The zero-order valence-corrected chi connectivity index (χ0v) is 14.7. The molecule has 0 spiro atoms. The smallest absolute Gasteiger partial charge is 0.255 e. The molecule has 0 aliphatic heterocycles. The molecular formula is C20H22N4O2. The van der Waals surface area contributed by atoms with Gasteiger partial charge in [-0.1, -0.05) is 30.3 Å². The van der Waals surface area contributed by atoms with E-state index < -0.39 is 0 Å². The molecule has 26 heavy (non-hydrogen) atoms. The molecule has 2 N–H and O–H groups in total. The zero-order valence-electron chi connectivity index (χ0n) is 14.7. The molecule has 0 bridgehead atoms. The number of aliphatic hydroxyl groups excluding tert-OH is 1.